The zero-order valence-electron chi connectivity index (χ0n) is 6.58. The lowest BCUT2D eigenvalue weighted by atomic mass is 10.2. The quantitative estimate of drug-likeness (QED) is 0.440. The fraction of sp³-hybridized carbons (Fsp3) is 0.222. The zero-order valence-corrected chi connectivity index (χ0v) is 6.58. The molecule has 2 rings (SSSR count). The second kappa shape index (κ2) is 2.52. The summed E-state index contributed by atoms with van der Waals surface area (Å²) in [4.78, 5) is 1.50. The van der Waals surface area contributed by atoms with E-state index in [4.69, 9.17) is 5.41 Å². The van der Waals surface area contributed by atoms with E-state index in [2.05, 4.69) is 0 Å². The minimum Gasteiger partial charge on any atom is -0.846 e. The van der Waals surface area contributed by atoms with Crippen molar-refractivity contribution in [3.63, 3.8) is 0 Å². The van der Waals surface area contributed by atoms with Crippen LogP contribution in [0.2, 0.25) is 0 Å². The summed E-state index contributed by atoms with van der Waals surface area (Å²) in [6, 6.07) is 7.11. The molecule has 1 aliphatic rings. The predicted molar refractivity (Wildman–Crippen MR) is 45.2 cm³/mol. The Labute approximate surface area is 70.8 Å². The van der Waals surface area contributed by atoms with Gasteiger partial charge in [0.1, 0.15) is 0 Å². The summed E-state index contributed by atoms with van der Waals surface area (Å²) in [7, 11) is 0. The van der Waals surface area contributed by atoms with Gasteiger partial charge < -0.3 is 10.0 Å². The lowest BCUT2D eigenvalue weighted by molar-refractivity contribution is -0.219. The van der Waals surface area contributed by atoms with Gasteiger partial charge >= 0.3 is 0 Å². The van der Waals surface area contributed by atoms with Gasteiger partial charge in [-0.2, -0.15) is 0 Å². The molecule has 1 aromatic rings. The summed E-state index contributed by atoms with van der Waals surface area (Å²) in [5.74, 6) is 0. The molecule has 0 aliphatic carbocycles. The van der Waals surface area contributed by atoms with Gasteiger partial charge in [-0.15, -0.1) is 0 Å². The highest BCUT2D eigenvalue weighted by Gasteiger charge is 2.16. The molecule has 0 radical (unpaired) electrons. The topological polar surface area (TPSA) is 50.1 Å². The van der Waals surface area contributed by atoms with Crippen molar-refractivity contribution in [2.45, 2.75) is 6.42 Å². The average molecular weight is 161 g/mol. The number of fused-ring (bicyclic) bond motifs is 1. The Morgan fingerprint density at radius 1 is 1.42 bits per heavy atom. The Morgan fingerprint density at radius 3 is 2.92 bits per heavy atom. The third-order valence-corrected chi connectivity index (χ3v) is 2.13. The predicted octanol–water partition coefficient (Wildman–Crippen LogP) is 0.344. The molecule has 0 amide bonds. The molecule has 1 heterocycles. The highest BCUT2D eigenvalue weighted by atomic mass is 16.3. The Balaban J connectivity index is 2.42. The maximum absolute atomic E-state index is 10.8. The Morgan fingerprint density at radius 2 is 2.17 bits per heavy atom. The first-order valence-electron chi connectivity index (χ1n) is 3.90. The summed E-state index contributed by atoms with van der Waals surface area (Å²) in [6.45, 7) is 0.654. The minimum atomic E-state index is -0.611. The van der Waals surface area contributed by atoms with Crippen molar-refractivity contribution in [3.05, 3.63) is 29.8 Å². The monoisotopic (exact) mass is 161 g/mol. The number of amidine groups is 1. The molecule has 0 atom stereocenters. The standard InChI is InChI=1S/C9H10N2O/c10-9(12)11-6-5-7-3-1-2-4-8(7)11/h1-4H,5-6H2,(H2,10,12)/p-1. The molecule has 1 aliphatic heterocycles. The highest BCUT2D eigenvalue weighted by molar-refractivity contribution is 5.88. The largest absolute Gasteiger partial charge is 0.846 e. The third-order valence-electron chi connectivity index (χ3n) is 2.13. The summed E-state index contributed by atoms with van der Waals surface area (Å²) in [5, 5.41) is 17.8. The minimum absolute atomic E-state index is 0.611. The van der Waals surface area contributed by atoms with E-state index in [1.807, 2.05) is 24.3 Å². The van der Waals surface area contributed by atoms with Crippen LogP contribution in [0, 0.1) is 5.41 Å². The number of rotatable bonds is 0. The first-order chi connectivity index (χ1) is 5.79. The fourth-order valence-corrected chi connectivity index (χ4v) is 1.55. The van der Waals surface area contributed by atoms with Crippen LogP contribution >= 0.6 is 0 Å². The van der Waals surface area contributed by atoms with Crippen LogP contribution in [-0.2, 0) is 6.42 Å². The summed E-state index contributed by atoms with van der Waals surface area (Å²) in [5.41, 5.74) is 2.07. The number of nitrogens with one attached hydrogen (secondary N) is 1. The number of para-hydroxylation sites is 1. The maximum atomic E-state index is 10.8. The molecule has 0 aromatic heterocycles. The lowest BCUT2D eigenvalue weighted by Crippen LogP contribution is -2.37. The third kappa shape index (κ3) is 0.942. The average Bonchev–Trinajstić information content (AvgIpc) is 2.47. The molecular formula is C9H9N2O-. The number of hydrogen-bond acceptors (Lipinski definition) is 2. The SMILES string of the molecule is N=C([O-])N1CCc2ccccc21. The molecule has 0 saturated carbocycles. The van der Waals surface area contributed by atoms with Gasteiger partial charge in [0.15, 0.2) is 0 Å². The van der Waals surface area contributed by atoms with Gasteiger partial charge in [-0.05, 0) is 18.1 Å². The zero-order chi connectivity index (χ0) is 8.55. The summed E-state index contributed by atoms with van der Waals surface area (Å²) >= 11 is 0. The van der Waals surface area contributed by atoms with Crippen molar-refractivity contribution in [2.75, 3.05) is 11.4 Å². The molecule has 0 bridgehead atoms. The molecule has 0 fully saturated rings. The van der Waals surface area contributed by atoms with Crippen LogP contribution in [0.25, 0.3) is 0 Å². The van der Waals surface area contributed by atoms with Crippen molar-refractivity contribution in [1.82, 2.24) is 0 Å². The van der Waals surface area contributed by atoms with Gasteiger partial charge in [0.25, 0.3) is 0 Å². The van der Waals surface area contributed by atoms with E-state index in [-0.39, 0.29) is 0 Å². The number of nitrogens with zero attached hydrogens (tertiary/aromatic N) is 1. The Bertz CT molecular complexity index is 322. The van der Waals surface area contributed by atoms with E-state index in [0.717, 1.165) is 17.7 Å². The van der Waals surface area contributed by atoms with Gasteiger partial charge in [0.2, 0.25) is 0 Å². The lowest BCUT2D eigenvalue weighted by Gasteiger charge is -2.23. The molecule has 0 unspecified atom stereocenters. The van der Waals surface area contributed by atoms with Crippen molar-refractivity contribution < 1.29 is 5.11 Å². The van der Waals surface area contributed by atoms with E-state index in [9.17, 15) is 5.11 Å². The summed E-state index contributed by atoms with van der Waals surface area (Å²) in [6.07, 6.45) is 0.876. The molecule has 3 nitrogen and oxygen atoms in total. The van der Waals surface area contributed by atoms with Crippen LogP contribution in [0.3, 0.4) is 0 Å². The Kier molecular flexibility index (Phi) is 1.50. The normalized spacial score (nSPS) is 14.5. The van der Waals surface area contributed by atoms with Crippen LogP contribution in [0.5, 0.6) is 0 Å². The molecule has 1 N–H and O–H groups in total. The van der Waals surface area contributed by atoms with Gasteiger partial charge in [0.05, 0.1) is 6.02 Å². The molecule has 62 valence electrons. The number of hydrogen-bond donors (Lipinski definition) is 1. The Hall–Kier alpha value is -1.51. The van der Waals surface area contributed by atoms with E-state index >= 15 is 0 Å². The molecular weight excluding hydrogens is 152 g/mol. The first-order valence-corrected chi connectivity index (χ1v) is 3.90. The van der Waals surface area contributed by atoms with Crippen LogP contribution in [-0.4, -0.2) is 12.6 Å². The number of anilines is 1. The number of benzene rings is 1. The summed E-state index contributed by atoms with van der Waals surface area (Å²) < 4.78 is 0. The van der Waals surface area contributed by atoms with Crippen molar-refractivity contribution in [3.8, 4) is 0 Å². The van der Waals surface area contributed by atoms with E-state index in [1.54, 1.807) is 0 Å². The van der Waals surface area contributed by atoms with Crippen LogP contribution in [0.15, 0.2) is 24.3 Å². The van der Waals surface area contributed by atoms with E-state index in [0.29, 0.717) is 6.54 Å². The first kappa shape index (κ1) is 7.16. The van der Waals surface area contributed by atoms with Crippen molar-refractivity contribution in [1.29, 1.82) is 5.41 Å². The molecule has 12 heavy (non-hydrogen) atoms. The van der Waals surface area contributed by atoms with Crippen molar-refractivity contribution >= 4 is 11.7 Å². The molecule has 0 spiro atoms. The van der Waals surface area contributed by atoms with E-state index < -0.39 is 6.02 Å². The van der Waals surface area contributed by atoms with Crippen LogP contribution < -0.4 is 10.0 Å². The van der Waals surface area contributed by atoms with Gasteiger partial charge in [-0.25, -0.2) is 0 Å². The highest BCUT2D eigenvalue weighted by Crippen LogP contribution is 2.26. The maximum Gasteiger partial charge on any atom is 0.0508 e. The second-order valence-electron chi connectivity index (χ2n) is 2.84. The van der Waals surface area contributed by atoms with Gasteiger partial charge in [0, 0.05) is 12.2 Å². The van der Waals surface area contributed by atoms with E-state index in [1.165, 1.54) is 4.90 Å². The van der Waals surface area contributed by atoms with Gasteiger partial charge in [-0.3, -0.25) is 5.41 Å². The smallest absolute Gasteiger partial charge is 0.0508 e. The second-order valence-corrected chi connectivity index (χ2v) is 2.84. The molecule has 1 aromatic carbocycles. The fourth-order valence-electron chi connectivity index (χ4n) is 1.55. The molecule has 0 saturated heterocycles. The van der Waals surface area contributed by atoms with Crippen LogP contribution in [0.1, 0.15) is 5.56 Å². The van der Waals surface area contributed by atoms with Crippen molar-refractivity contribution in [2.24, 2.45) is 0 Å². The molecule has 3 heteroatoms. The van der Waals surface area contributed by atoms with Crippen LogP contribution in [0.4, 0.5) is 5.69 Å². The van der Waals surface area contributed by atoms with Gasteiger partial charge in [-0.1, -0.05) is 18.2 Å².